The molecule has 1 fully saturated rings. The molecule has 11 heavy (non-hydrogen) atoms. The number of hydrogen-bond acceptors (Lipinski definition) is 1. The predicted octanol–water partition coefficient (Wildman–Crippen LogP) is 2.02. The van der Waals surface area contributed by atoms with Crippen LogP contribution in [-0.2, 0) is 11.2 Å². The number of ether oxygens (including phenoxy) is 1. The van der Waals surface area contributed by atoms with Gasteiger partial charge in [0.15, 0.2) is 0 Å². The molecule has 1 nitrogen and oxygen atoms in total. The van der Waals surface area contributed by atoms with Crippen molar-refractivity contribution >= 4 is 0 Å². The van der Waals surface area contributed by atoms with Crippen LogP contribution in [0.5, 0.6) is 0 Å². The molecule has 0 radical (unpaired) electrons. The summed E-state index contributed by atoms with van der Waals surface area (Å²) < 4.78 is 5.32. The first kappa shape index (κ1) is 6.86. The number of epoxide rings is 1. The number of hydrogen-bond donors (Lipinski definition) is 0. The van der Waals surface area contributed by atoms with E-state index in [2.05, 4.69) is 31.2 Å². The number of rotatable bonds is 2. The molecular formula is C10H12O. The summed E-state index contributed by atoms with van der Waals surface area (Å²) in [6, 6.07) is 10.5. The first-order chi connectivity index (χ1) is 5.36. The lowest BCUT2D eigenvalue weighted by atomic mass is 10.1. The molecule has 2 rings (SSSR count). The summed E-state index contributed by atoms with van der Waals surface area (Å²) in [5.41, 5.74) is 1.38. The average Bonchev–Trinajstić information content (AvgIpc) is 2.69. The molecule has 0 N–H and O–H groups in total. The fourth-order valence-corrected chi connectivity index (χ4v) is 1.29. The quantitative estimate of drug-likeness (QED) is 0.584. The van der Waals surface area contributed by atoms with Crippen LogP contribution >= 0.6 is 0 Å². The van der Waals surface area contributed by atoms with E-state index in [0.29, 0.717) is 12.2 Å². The Morgan fingerprint density at radius 3 is 2.45 bits per heavy atom. The van der Waals surface area contributed by atoms with Crippen molar-refractivity contribution < 1.29 is 4.74 Å². The number of benzene rings is 1. The average molecular weight is 148 g/mol. The largest absolute Gasteiger partial charge is 0.370 e. The highest BCUT2D eigenvalue weighted by Crippen LogP contribution is 2.24. The van der Waals surface area contributed by atoms with Gasteiger partial charge in [0.25, 0.3) is 0 Å². The molecule has 0 saturated carbocycles. The van der Waals surface area contributed by atoms with Gasteiger partial charge in [-0.05, 0) is 12.5 Å². The molecule has 0 aromatic heterocycles. The molecule has 0 aliphatic carbocycles. The highest BCUT2D eigenvalue weighted by Gasteiger charge is 2.33. The summed E-state index contributed by atoms with van der Waals surface area (Å²) in [4.78, 5) is 0. The van der Waals surface area contributed by atoms with E-state index in [1.54, 1.807) is 0 Å². The van der Waals surface area contributed by atoms with Gasteiger partial charge in [-0.3, -0.25) is 0 Å². The fraction of sp³-hybridized carbons (Fsp3) is 0.400. The highest BCUT2D eigenvalue weighted by molar-refractivity contribution is 5.16. The van der Waals surface area contributed by atoms with Gasteiger partial charge in [-0.15, -0.1) is 0 Å². The van der Waals surface area contributed by atoms with E-state index >= 15 is 0 Å². The third-order valence-electron chi connectivity index (χ3n) is 2.12. The van der Waals surface area contributed by atoms with E-state index in [-0.39, 0.29) is 0 Å². The molecule has 1 heterocycles. The third kappa shape index (κ3) is 1.60. The molecule has 1 aromatic carbocycles. The van der Waals surface area contributed by atoms with Crippen LogP contribution in [0.15, 0.2) is 30.3 Å². The molecule has 0 unspecified atom stereocenters. The molecule has 1 aliphatic rings. The monoisotopic (exact) mass is 148 g/mol. The van der Waals surface area contributed by atoms with Crippen molar-refractivity contribution in [1.29, 1.82) is 0 Å². The molecule has 0 amide bonds. The Kier molecular flexibility index (Phi) is 1.66. The Labute approximate surface area is 67.0 Å². The second kappa shape index (κ2) is 2.67. The van der Waals surface area contributed by atoms with Crippen LogP contribution in [0.2, 0.25) is 0 Å². The van der Waals surface area contributed by atoms with E-state index in [9.17, 15) is 0 Å². The second-order valence-corrected chi connectivity index (χ2v) is 3.07. The third-order valence-corrected chi connectivity index (χ3v) is 2.12. The minimum Gasteiger partial charge on any atom is -0.370 e. The maximum Gasteiger partial charge on any atom is 0.0879 e. The summed E-state index contributed by atoms with van der Waals surface area (Å²) in [6.07, 6.45) is 2.04. The Balaban J connectivity index is 1.97. The van der Waals surface area contributed by atoms with Crippen molar-refractivity contribution in [3.8, 4) is 0 Å². The van der Waals surface area contributed by atoms with Gasteiger partial charge < -0.3 is 4.74 Å². The lowest BCUT2D eigenvalue weighted by Crippen LogP contribution is -1.94. The van der Waals surface area contributed by atoms with Crippen molar-refractivity contribution in [2.75, 3.05) is 0 Å². The Hall–Kier alpha value is -0.820. The topological polar surface area (TPSA) is 12.5 Å². The SMILES string of the molecule is C[C@@H]1O[C@@H]1Cc1ccccc1. The minimum absolute atomic E-state index is 0.482. The van der Waals surface area contributed by atoms with Crippen molar-refractivity contribution in [2.24, 2.45) is 0 Å². The van der Waals surface area contributed by atoms with Gasteiger partial charge in [0.1, 0.15) is 0 Å². The molecule has 58 valence electrons. The van der Waals surface area contributed by atoms with Gasteiger partial charge in [0.2, 0.25) is 0 Å². The molecule has 1 aliphatic heterocycles. The van der Waals surface area contributed by atoms with Gasteiger partial charge in [0, 0.05) is 6.42 Å². The fourth-order valence-electron chi connectivity index (χ4n) is 1.29. The van der Waals surface area contributed by atoms with E-state index in [1.807, 2.05) is 6.07 Å². The summed E-state index contributed by atoms with van der Waals surface area (Å²) in [5.74, 6) is 0. The Morgan fingerprint density at radius 1 is 1.27 bits per heavy atom. The molecule has 0 bridgehead atoms. The van der Waals surface area contributed by atoms with Crippen LogP contribution in [0.1, 0.15) is 12.5 Å². The highest BCUT2D eigenvalue weighted by atomic mass is 16.6. The van der Waals surface area contributed by atoms with Gasteiger partial charge in [0.05, 0.1) is 12.2 Å². The zero-order valence-electron chi connectivity index (χ0n) is 6.66. The summed E-state index contributed by atoms with van der Waals surface area (Å²) >= 11 is 0. The molecule has 1 heteroatoms. The molecule has 0 spiro atoms. The van der Waals surface area contributed by atoms with Crippen molar-refractivity contribution in [3.05, 3.63) is 35.9 Å². The van der Waals surface area contributed by atoms with Gasteiger partial charge in [-0.1, -0.05) is 30.3 Å². The van der Waals surface area contributed by atoms with Crippen LogP contribution in [0.25, 0.3) is 0 Å². The van der Waals surface area contributed by atoms with Gasteiger partial charge in [-0.25, -0.2) is 0 Å². The molecule has 1 aromatic rings. The van der Waals surface area contributed by atoms with Crippen LogP contribution in [0.3, 0.4) is 0 Å². The Bertz CT molecular complexity index is 230. The summed E-state index contributed by atoms with van der Waals surface area (Å²) in [5, 5.41) is 0. The van der Waals surface area contributed by atoms with E-state index in [1.165, 1.54) is 5.56 Å². The standard InChI is InChI=1S/C10H12O/c1-8-10(11-8)7-9-5-3-2-4-6-9/h2-6,8,10H,7H2,1H3/t8-,10+/m0/s1. The summed E-state index contributed by atoms with van der Waals surface area (Å²) in [7, 11) is 0. The van der Waals surface area contributed by atoms with E-state index < -0.39 is 0 Å². The van der Waals surface area contributed by atoms with Crippen LogP contribution < -0.4 is 0 Å². The second-order valence-electron chi connectivity index (χ2n) is 3.07. The van der Waals surface area contributed by atoms with Gasteiger partial charge >= 0.3 is 0 Å². The summed E-state index contributed by atoms with van der Waals surface area (Å²) in [6.45, 7) is 2.12. The zero-order chi connectivity index (χ0) is 7.68. The maximum atomic E-state index is 5.32. The molecular weight excluding hydrogens is 136 g/mol. The van der Waals surface area contributed by atoms with Crippen molar-refractivity contribution in [2.45, 2.75) is 25.6 Å². The zero-order valence-corrected chi connectivity index (χ0v) is 6.66. The van der Waals surface area contributed by atoms with Crippen molar-refractivity contribution in [1.82, 2.24) is 0 Å². The van der Waals surface area contributed by atoms with Gasteiger partial charge in [-0.2, -0.15) is 0 Å². The smallest absolute Gasteiger partial charge is 0.0879 e. The predicted molar refractivity (Wildman–Crippen MR) is 44.5 cm³/mol. The van der Waals surface area contributed by atoms with Crippen LogP contribution in [0, 0.1) is 0 Å². The van der Waals surface area contributed by atoms with E-state index in [0.717, 1.165) is 6.42 Å². The van der Waals surface area contributed by atoms with Crippen LogP contribution in [-0.4, -0.2) is 12.2 Å². The van der Waals surface area contributed by atoms with E-state index in [4.69, 9.17) is 4.74 Å². The normalized spacial score (nSPS) is 28.5. The first-order valence-corrected chi connectivity index (χ1v) is 4.05. The maximum absolute atomic E-state index is 5.32. The molecule has 2 atom stereocenters. The lowest BCUT2D eigenvalue weighted by Gasteiger charge is -1.94. The first-order valence-electron chi connectivity index (χ1n) is 4.05. The van der Waals surface area contributed by atoms with Crippen molar-refractivity contribution in [3.63, 3.8) is 0 Å². The lowest BCUT2D eigenvalue weighted by molar-refractivity contribution is 0.378. The molecule has 1 saturated heterocycles. The Morgan fingerprint density at radius 2 is 1.91 bits per heavy atom. The van der Waals surface area contributed by atoms with Crippen LogP contribution in [0.4, 0.5) is 0 Å². The minimum atomic E-state index is 0.482.